The second kappa shape index (κ2) is 9.81. The minimum Gasteiger partial charge on any atom is -0.380 e. The second-order valence-electron chi connectivity index (χ2n) is 7.12. The molecular formula is C25H23FN2O2S. The number of thiazole rings is 1. The van der Waals surface area contributed by atoms with E-state index in [4.69, 9.17) is 4.74 Å². The molecule has 4 rings (SSSR count). The number of nitrogens with zero attached hydrogens (tertiary/aromatic N) is 2. The standard InChI is InChI=1S/C25H23FN2O2S/c1-2-30-15-14-28-22-13-12-21(26)17-23(22)31-25(28)27-24(29)20-10-8-19(9-11-20)16-18-6-4-3-5-7-18/h3-13,17H,2,14-16H2,1H3. The van der Waals surface area contributed by atoms with Gasteiger partial charge in [-0.15, -0.1) is 0 Å². The predicted molar refractivity (Wildman–Crippen MR) is 122 cm³/mol. The summed E-state index contributed by atoms with van der Waals surface area (Å²) in [5.41, 5.74) is 3.72. The van der Waals surface area contributed by atoms with Crippen LogP contribution in [0.25, 0.3) is 10.2 Å². The molecule has 1 heterocycles. The number of hydrogen-bond donors (Lipinski definition) is 0. The van der Waals surface area contributed by atoms with E-state index in [2.05, 4.69) is 17.1 Å². The first-order valence-electron chi connectivity index (χ1n) is 10.2. The van der Waals surface area contributed by atoms with Gasteiger partial charge in [-0.1, -0.05) is 53.8 Å². The summed E-state index contributed by atoms with van der Waals surface area (Å²) in [4.78, 5) is 17.7. The fraction of sp³-hybridized carbons (Fsp3) is 0.200. The molecule has 158 valence electrons. The van der Waals surface area contributed by atoms with E-state index >= 15 is 0 Å². The molecule has 0 N–H and O–H groups in total. The Hall–Kier alpha value is -3.09. The molecule has 0 unspecified atom stereocenters. The van der Waals surface area contributed by atoms with Crippen LogP contribution in [0.5, 0.6) is 0 Å². The summed E-state index contributed by atoms with van der Waals surface area (Å²) in [5, 5.41) is 0. The number of ether oxygens (including phenoxy) is 1. The van der Waals surface area contributed by atoms with E-state index < -0.39 is 0 Å². The number of hydrogen-bond acceptors (Lipinski definition) is 3. The highest BCUT2D eigenvalue weighted by Gasteiger charge is 2.10. The van der Waals surface area contributed by atoms with Crippen LogP contribution in [0.3, 0.4) is 0 Å². The fourth-order valence-corrected chi connectivity index (χ4v) is 4.48. The highest BCUT2D eigenvalue weighted by molar-refractivity contribution is 7.16. The molecule has 0 aliphatic heterocycles. The molecule has 4 aromatic rings. The maximum Gasteiger partial charge on any atom is 0.279 e. The van der Waals surface area contributed by atoms with Gasteiger partial charge in [0.25, 0.3) is 5.91 Å². The average molecular weight is 435 g/mol. The van der Waals surface area contributed by atoms with Gasteiger partial charge >= 0.3 is 0 Å². The van der Waals surface area contributed by atoms with E-state index in [9.17, 15) is 9.18 Å². The molecule has 6 heteroatoms. The van der Waals surface area contributed by atoms with Crippen molar-refractivity contribution in [3.8, 4) is 0 Å². The van der Waals surface area contributed by atoms with Crippen molar-refractivity contribution in [1.29, 1.82) is 0 Å². The SMILES string of the molecule is CCOCCn1c(=NC(=O)c2ccc(Cc3ccccc3)cc2)sc2cc(F)ccc21. The quantitative estimate of drug-likeness (QED) is 0.375. The molecule has 1 aromatic heterocycles. The Morgan fingerprint density at radius 1 is 1.03 bits per heavy atom. The molecule has 0 saturated carbocycles. The fourth-order valence-electron chi connectivity index (χ4n) is 3.40. The van der Waals surface area contributed by atoms with Crippen LogP contribution in [-0.2, 0) is 17.7 Å². The zero-order valence-electron chi connectivity index (χ0n) is 17.3. The Kier molecular flexibility index (Phi) is 6.70. The minimum absolute atomic E-state index is 0.308. The minimum atomic E-state index is -0.316. The van der Waals surface area contributed by atoms with Gasteiger partial charge in [0.05, 0.1) is 16.8 Å². The Bertz CT molecular complexity index is 1240. The molecule has 0 aliphatic carbocycles. The van der Waals surface area contributed by atoms with Gasteiger partial charge in [0, 0.05) is 18.7 Å². The largest absolute Gasteiger partial charge is 0.380 e. The van der Waals surface area contributed by atoms with E-state index in [0.717, 1.165) is 22.2 Å². The molecule has 0 radical (unpaired) electrons. The summed E-state index contributed by atoms with van der Waals surface area (Å²) >= 11 is 1.30. The molecular weight excluding hydrogens is 411 g/mol. The number of benzene rings is 3. The maximum absolute atomic E-state index is 13.7. The topological polar surface area (TPSA) is 43.6 Å². The summed E-state index contributed by atoms with van der Waals surface area (Å²) < 4.78 is 21.8. The molecule has 0 aliphatic rings. The van der Waals surface area contributed by atoms with Crippen LogP contribution in [0, 0.1) is 5.82 Å². The molecule has 0 saturated heterocycles. The van der Waals surface area contributed by atoms with E-state index in [1.165, 1.54) is 29.0 Å². The van der Waals surface area contributed by atoms with Gasteiger partial charge in [-0.25, -0.2) is 4.39 Å². The zero-order chi connectivity index (χ0) is 21.6. The summed E-state index contributed by atoms with van der Waals surface area (Å²) in [7, 11) is 0. The predicted octanol–water partition coefficient (Wildman–Crippen LogP) is 5.21. The van der Waals surface area contributed by atoms with Gasteiger partial charge in [-0.2, -0.15) is 4.99 Å². The highest BCUT2D eigenvalue weighted by atomic mass is 32.1. The van der Waals surface area contributed by atoms with Crippen LogP contribution in [0.4, 0.5) is 4.39 Å². The van der Waals surface area contributed by atoms with Crippen LogP contribution < -0.4 is 4.80 Å². The van der Waals surface area contributed by atoms with Crippen LogP contribution in [0.15, 0.2) is 77.8 Å². The first kappa shape index (κ1) is 21.2. The molecule has 0 atom stereocenters. The van der Waals surface area contributed by atoms with Crippen molar-refractivity contribution in [3.05, 3.63) is 100 Å². The molecule has 31 heavy (non-hydrogen) atoms. The van der Waals surface area contributed by atoms with Crippen LogP contribution in [0.2, 0.25) is 0 Å². The summed E-state index contributed by atoms with van der Waals surface area (Å²) in [6, 6.07) is 22.3. The smallest absolute Gasteiger partial charge is 0.279 e. The monoisotopic (exact) mass is 434 g/mol. The van der Waals surface area contributed by atoms with Crippen molar-refractivity contribution in [2.75, 3.05) is 13.2 Å². The van der Waals surface area contributed by atoms with Crippen LogP contribution in [-0.4, -0.2) is 23.7 Å². The third-order valence-corrected chi connectivity index (χ3v) is 6.00. The number of aromatic nitrogens is 1. The third kappa shape index (κ3) is 5.16. The van der Waals surface area contributed by atoms with Crippen molar-refractivity contribution in [1.82, 2.24) is 4.57 Å². The summed E-state index contributed by atoms with van der Waals surface area (Å²) in [6.45, 7) is 3.58. The van der Waals surface area contributed by atoms with Gasteiger partial charge < -0.3 is 9.30 Å². The van der Waals surface area contributed by atoms with Crippen LogP contribution in [0.1, 0.15) is 28.4 Å². The lowest BCUT2D eigenvalue weighted by molar-refractivity contribution is 0.0996. The Labute approximate surface area is 184 Å². The number of amides is 1. The second-order valence-corrected chi connectivity index (χ2v) is 8.13. The van der Waals surface area contributed by atoms with Gasteiger partial charge in [0.1, 0.15) is 5.82 Å². The van der Waals surface area contributed by atoms with Crippen molar-refractivity contribution in [3.63, 3.8) is 0 Å². The maximum atomic E-state index is 13.7. The lowest BCUT2D eigenvalue weighted by Gasteiger charge is -2.05. The normalized spacial score (nSPS) is 11.9. The van der Waals surface area contributed by atoms with Crippen molar-refractivity contribution < 1.29 is 13.9 Å². The molecule has 0 bridgehead atoms. The number of carbonyl (C=O) groups is 1. The molecule has 0 spiro atoms. The Balaban J connectivity index is 1.61. The highest BCUT2D eigenvalue weighted by Crippen LogP contribution is 2.19. The summed E-state index contributed by atoms with van der Waals surface area (Å²) in [5.74, 6) is -0.624. The van der Waals surface area contributed by atoms with Crippen LogP contribution >= 0.6 is 11.3 Å². The number of halogens is 1. The van der Waals surface area contributed by atoms with Gasteiger partial charge in [-0.3, -0.25) is 4.79 Å². The van der Waals surface area contributed by atoms with Gasteiger partial charge in [0.15, 0.2) is 4.80 Å². The first-order valence-corrected chi connectivity index (χ1v) is 11.0. The molecule has 1 amide bonds. The third-order valence-electron chi connectivity index (χ3n) is 4.96. The number of fused-ring (bicyclic) bond motifs is 1. The first-order chi connectivity index (χ1) is 15.1. The lowest BCUT2D eigenvalue weighted by atomic mass is 10.0. The van der Waals surface area contributed by atoms with E-state index in [1.54, 1.807) is 6.07 Å². The number of rotatable bonds is 7. The van der Waals surface area contributed by atoms with Gasteiger partial charge in [0.2, 0.25) is 0 Å². The van der Waals surface area contributed by atoms with Crippen molar-refractivity contribution in [2.24, 2.45) is 4.99 Å². The lowest BCUT2D eigenvalue weighted by Crippen LogP contribution is -2.19. The van der Waals surface area contributed by atoms with Crippen molar-refractivity contribution >= 4 is 27.5 Å². The van der Waals surface area contributed by atoms with Crippen molar-refractivity contribution in [2.45, 2.75) is 19.9 Å². The molecule has 3 aromatic carbocycles. The Morgan fingerprint density at radius 3 is 2.52 bits per heavy atom. The van der Waals surface area contributed by atoms with E-state index in [-0.39, 0.29) is 11.7 Å². The number of carbonyl (C=O) groups excluding carboxylic acids is 1. The average Bonchev–Trinajstić information content (AvgIpc) is 3.11. The van der Waals surface area contributed by atoms with Gasteiger partial charge in [-0.05, 0) is 54.8 Å². The van der Waals surface area contributed by atoms with E-state index in [1.807, 2.05) is 54.0 Å². The zero-order valence-corrected chi connectivity index (χ0v) is 18.1. The Morgan fingerprint density at radius 2 is 1.77 bits per heavy atom. The van der Waals surface area contributed by atoms with E-state index in [0.29, 0.717) is 30.1 Å². The molecule has 0 fully saturated rings. The summed E-state index contributed by atoms with van der Waals surface area (Å²) in [6.07, 6.45) is 0.811. The molecule has 4 nitrogen and oxygen atoms in total.